The first-order valence-electron chi connectivity index (χ1n) is 2.57. The zero-order valence-electron chi connectivity index (χ0n) is 5.48. The Balaban J connectivity index is 5.02. The highest BCUT2D eigenvalue weighted by Gasteiger charge is 2.62. The Bertz CT molecular complexity index is 137. The highest BCUT2D eigenvalue weighted by Crippen LogP contribution is 2.54. The van der Waals surface area contributed by atoms with Crippen molar-refractivity contribution in [1.82, 2.24) is 0 Å². The predicted molar refractivity (Wildman–Crippen MR) is 73.7 cm³/mol. The van der Waals surface area contributed by atoms with Gasteiger partial charge in [0.25, 0.3) is 0 Å². The number of hydrogen-bond donors (Lipinski definition) is 0. The van der Waals surface area contributed by atoms with Crippen molar-refractivity contribution >= 4 is 118 Å². The minimum absolute atomic E-state index is 0.965. The molecule has 0 rings (SSSR count). The lowest BCUT2D eigenvalue weighted by Crippen LogP contribution is -2.46. The molecule has 0 nitrogen and oxygen atoms in total. The molecule has 0 radical (unpaired) electrons. The lowest BCUT2D eigenvalue weighted by atomic mass is 11.8. The highest BCUT2D eigenvalue weighted by molar-refractivity contribution is 7.85. The van der Waals surface area contributed by atoms with Crippen LogP contribution < -0.4 is 0 Å². The molecule has 0 saturated carbocycles. The lowest BCUT2D eigenvalue weighted by molar-refractivity contribution is 1.77. The molecule has 0 spiro atoms. The van der Waals surface area contributed by atoms with Crippen LogP contribution in [0, 0.1) is 0 Å². The fourth-order valence-corrected chi connectivity index (χ4v) is 45.1. The third kappa shape index (κ3) is 5.94. The van der Waals surface area contributed by atoms with Gasteiger partial charge in [-0.25, -0.2) is 0 Å². The Kier molecular flexibility index (Phi) is 6.60. The topological polar surface area (TPSA) is 0 Å². The van der Waals surface area contributed by atoms with E-state index in [9.17, 15) is 0 Å². The van der Waals surface area contributed by atoms with Crippen molar-refractivity contribution in [3.05, 3.63) is 0 Å². The second-order valence-electron chi connectivity index (χ2n) is 2.06. The van der Waals surface area contributed by atoms with E-state index in [-0.39, 0.29) is 0 Å². The first-order valence-corrected chi connectivity index (χ1v) is 17.9. The molecule has 0 aliphatic heterocycles. The van der Waals surface area contributed by atoms with Crippen LogP contribution >= 0.6 is 99.7 Å². The molecule has 0 aromatic carbocycles. The summed E-state index contributed by atoms with van der Waals surface area (Å²) in [6.07, 6.45) is 0. The van der Waals surface area contributed by atoms with E-state index in [4.69, 9.17) is 99.7 Å². The quantitative estimate of drug-likeness (QED) is 0.427. The summed E-state index contributed by atoms with van der Waals surface area (Å²) in [7, 11) is 0. The first-order chi connectivity index (χ1) is 5.37. The Morgan fingerprint density at radius 2 is 0.615 bits per heavy atom. The van der Waals surface area contributed by atoms with Crippen molar-refractivity contribution in [2.24, 2.45) is 0 Å². The van der Waals surface area contributed by atoms with Crippen LogP contribution in [-0.4, -0.2) is 18.0 Å². The molecule has 0 atom stereocenters. The summed E-state index contributed by atoms with van der Waals surface area (Å²) in [5.74, 6) is 0. The van der Waals surface area contributed by atoms with Gasteiger partial charge in [-0.3, -0.25) is 0 Å². The van der Waals surface area contributed by atoms with Crippen molar-refractivity contribution in [2.75, 3.05) is 0 Å². The molecule has 0 bridgehead atoms. The second kappa shape index (κ2) is 5.27. The third-order valence-electron chi connectivity index (χ3n) is 0.982. The molecule has 0 aliphatic rings. The molecule has 80 valence electrons. The number of halogens is 9. The fraction of sp³-hybridized carbons (Fsp3) is 1.00. The van der Waals surface area contributed by atoms with Gasteiger partial charge in [0.1, 0.15) is 0 Å². The average Bonchev–Trinajstić information content (AvgIpc) is 1.44. The summed E-state index contributed by atoms with van der Waals surface area (Å²) in [6, 6.07) is -9.93. The van der Waals surface area contributed by atoms with Gasteiger partial charge < -0.3 is 0 Å². The van der Waals surface area contributed by atoms with Crippen LogP contribution in [0.3, 0.4) is 0 Å². The van der Waals surface area contributed by atoms with Gasteiger partial charge in [0.2, 0.25) is 0 Å². The molecule has 12 heteroatoms. The summed E-state index contributed by atoms with van der Waals surface area (Å²) < 4.78 is 0. The third-order valence-corrected chi connectivity index (χ3v) is 26.5. The van der Waals surface area contributed by atoms with Crippen LogP contribution in [0.5, 0.6) is 0 Å². The minimum atomic E-state index is -3.31. The Morgan fingerprint density at radius 3 is 0.615 bits per heavy atom. The van der Waals surface area contributed by atoms with Crippen LogP contribution in [0.1, 0.15) is 0 Å². The SMILES string of the molecule is Cl[Si](Cl)(Cl)C([Si](Cl)(Cl)Cl)[Si](Cl)(Cl)Cl. The summed E-state index contributed by atoms with van der Waals surface area (Å²) in [5.41, 5.74) is 0. The predicted octanol–water partition coefficient (Wildman–Crippen LogP) is 5.40. The van der Waals surface area contributed by atoms with Gasteiger partial charge in [-0.05, 0) is 0 Å². The van der Waals surface area contributed by atoms with Crippen LogP contribution in [0.15, 0.2) is 0 Å². The van der Waals surface area contributed by atoms with Crippen LogP contribution in [0.2, 0.25) is 4.79 Å². The van der Waals surface area contributed by atoms with E-state index in [0.717, 1.165) is 0 Å². The van der Waals surface area contributed by atoms with Gasteiger partial charge in [-0.15, -0.1) is 99.7 Å². The van der Waals surface area contributed by atoms with Gasteiger partial charge in [-0.2, -0.15) is 0 Å². The molecule has 0 saturated heterocycles. The maximum Gasteiger partial charge on any atom is 0.346 e. The van der Waals surface area contributed by atoms with E-state index >= 15 is 0 Å². The molecule has 0 unspecified atom stereocenters. The van der Waals surface area contributed by atoms with Gasteiger partial charge in [0.15, 0.2) is 0 Å². The Labute approximate surface area is 121 Å². The number of rotatable bonds is 3. The van der Waals surface area contributed by atoms with E-state index in [0.29, 0.717) is 0 Å². The Morgan fingerprint density at radius 1 is 0.462 bits per heavy atom. The standard InChI is InChI=1S/CHCl9Si3/c2-11(3,4)1(12(5,6)7)13(8,9)10/h1H. The molecule has 0 N–H and O–H groups in total. The molecule has 0 aromatic rings. The Hall–Kier alpha value is 3.26. The maximum atomic E-state index is 5.70. The average molecular weight is 416 g/mol. The highest BCUT2D eigenvalue weighted by atomic mass is 35.9. The molecular formula is CHCl9Si3. The molecule has 0 aromatic heterocycles. The van der Waals surface area contributed by atoms with Gasteiger partial charge in [-0.1, -0.05) is 0 Å². The molecule has 0 heterocycles. The fourth-order valence-electron chi connectivity index (χ4n) is 0.557. The van der Waals surface area contributed by atoms with Crippen LogP contribution in [0.25, 0.3) is 0 Å². The smallest absolute Gasteiger partial charge is 0.126 e. The van der Waals surface area contributed by atoms with Crippen molar-refractivity contribution in [2.45, 2.75) is 4.79 Å². The van der Waals surface area contributed by atoms with Crippen molar-refractivity contribution < 1.29 is 0 Å². The molecular weight excluding hydrogens is 415 g/mol. The summed E-state index contributed by atoms with van der Waals surface area (Å²) in [4.78, 5) is -0.965. The number of hydrogen-bond acceptors (Lipinski definition) is 0. The van der Waals surface area contributed by atoms with Crippen LogP contribution in [-0.2, 0) is 0 Å². The molecule has 0 amide bonds. The van der Waals surface area contributed by atoms with Crippen LogP contribution in [0.4, 0.5) is 0 Å². The summed E-state index contributed by atoms with van der Waals surface area (Å²) >= 11 is 51.3. The van der Waals surface area contributed by atoms with Crippen molar-refractivity contribution in [3.8, 4) is 0 Å². The first kappa shape index (κ1) is 16.3. The largest absolute Gasteiger partial charge is 0.346 e. The monoisotopic (exact) mass is 412 g/mol. The normalized spacial score (nSPS) is 15.2. The van der Waals surface area contributed by atoms with E-state index < -0.39 is 22.8 Å². The molecule has 0 fully saturated rings. The van der Waals surface area contributed by atoms with E-state index in [2.05, 4.69) is 0 Å². The van der Waals surface area contributed by atoms with Gasteiger partial charge in [0, 0.05) is 0 Å². The van der Waals surface area contributed by atoms with Gasteiger partial charge >= 0.3 is 18.0 Å². The summed E-state index contributed by atoms with van der Waals surface area (Å²) in [5, 5.41) is 0. The van der Waals surface area contributed by atoms with Gasteiger partial charge in [0.05, 0.1) is 4.79 Å². The second-order valence-corrected chi connectivity index (χ2v) is 30.1. The van der Waals surface area contributed by atoms with E-state index in [1.165, 1.54) is 0 Å². The lowest BCUT2D eigenvalue weighted by Gasteiger charge is -2.30. The van der Waals surface area contributed by atoms with E-state index in [1.54, 1.807) is 0 Å². The zero-order valence-corrected chi connectivity index (χ0v) is 15.3. The van der Waals surface area contributed by atoms with Crippen molar-refractivity contribution in [3.63, 3.8) is 0 Å². The molecule has 0 aliphatic carbocycles. The summed E-state index contributed by atoms with van der Waals surface area (Å²) in [6.45, 7) is 0. The minimum Gasteiger partial charge on any atom is -0.126 e. The molecule has 13 heavy (non-hydrogen) atoms. The maximum absolute atomic E-state index is 5.70. The van der Waals surface area contributed by atoms with E-state index in [1.807, 2.05) is 0 Å². The van der Waals surface area contributed by atoms with Crippen molar-refractivity contribution in [1.29, 1.82) is 0 Å². The zero-order chi connectivity index (χ0) is 11.1.